The summed E-state index contributed by atoms with van der Waals surface area (Å²) in [5.41, 5.74) is 2.35. The third-order valence-corrected chi connectivity index (χ3v) is 3.25. The first-order chi connectivity index (χ1) is 9.64. The number of nitrogens with zero attached hydrogens (tertiary/aromatic N) is 3. The lowest BCUT2D eigenvalue weighted by molar-refractivity contribution is -0.148. The van der Waals surface area contributed by atoms with E-state index < -0.39 is 12.7 Å². The van der Waals surface area contributed by atoms with Crippen molar-refractivity contribution < 1.29 is 18.3 Å². The van der Waals surface area contributed by atoms with Gasteiger partial charge in [-0.2, -0.15) is 18.3 Å². The minimum Gasteiger partial charge on any atom is -0.394 e. The van der Waals surface area contributed by atoms with Gasteiger partial charge in [-0.1, -0.05) is 13.8 Å². The molecule has 0 saturated carbocycles. The molecule has 0 bridgehead atoms. The lowest BCUT2D eigenvalue weighted by Crippen LogP contribution is -2.36. The van der Waals surface area contributed by atoms with Crippen LogP contribution in [0.25, 0.3) is 0 Å². The Kier molecular flexibility index (Phi) is 6.22. The van der Waals surface area contributed by atoms with Gasteiger partial charge in [0.25, 0.3) is 0 Å². The summed E-state index contributed by atoms with van der Waals surface area (Å²) in [5, 5.41) is 13.3. The summed E-state index contributed by atoms with van der Waals surface area (Å²) in [4.78, 5) is 1.41. The number of rotatable bonds is 7. The van der Waals surface area contributed by atoms with Crippen LogP contribution in [0, 0.1) is 19.8 Å². The minimum absolute atomic E-state index is 0.0420. The Morgan fingerprint density at radius 2 is 1.90 bits per heavy atom. The summed E-state index contributed by atoms with van der Waals surface area (Å²) in [7, 11) is 0. The first-order valence-corrected chi connectivity index (χ1v) is 7.07. The molecule has 7 heteroatoms. The maximum Gasteiger partial charge on any atom is 0.401 e. The van der Waals surface area contributed by atoms with Gasteiger partial charge in [0, 0.05) is 24.3 Å². The lowest BCUT2D eigenvalue weighted by atomic mass is 10.1. The van der Waals surface area contributed by atoms with Crippen molar-refractivity contribution in [1.82, 2.24) is 14.7 Å². The van der Waals surface area contributed by atoms with Crippen LogP contribution < -0.4 is 0 Å². The Balaban J connectivity index is 2.92. The molecule has 0 aliphatic carbocycles. The zero-order chi connectivity index (χ0) is 16.2. The van der Waals surface area contributed by atoms with Crippen LogP contribution in [0.5, 0.6) is 0 Å². The first-order valence-electron chi connectivity index (χ1n) is 7.07. The number of aliphatic hydroxyl groups is 1. The molecule has 1 aromatic rings. The van der Waals surface area contributed by atoms with Crippen molar-refractivity contribution in [2.75, 3.05) is 19.7 Å². The summed E-state index contributed by atoms with van der Waals surface area (Å²) in [6, 6.07) is 0. The van der Waals surface area contributed by atoms with E-state index in [1.165, 1.54) is 4.90 Å². The summed E-state index contributed by atoms with van der Waals surface area (Å²) >= 11 is 0. The monoisotopic (exact) mass is 307 g/mol. The van der Waals surface area contributed by atoms with Crippen LogP contribution in [0.15, 0.2) is 0 Å². The fraction of sp³-hybridized carbons (Fsp3) is 0.786. The third kappa shape index (κ3) is 5.67. The molecule has 0 saturated heterocycles. The minimum atomic E-state index is -4.21. The van der Waals surface area contributed by atoms with Gasteiger partial charge >= 0.3 is 6.18 Å². The molecular weight excluding hydrogens is 283 g/mol. The predicted molar refractivity (Wildman–Crippen MR) is 75.0 cm³/mol. The number of halogens is 3. The summed E-state index contributed by atoms with van der Waals surface area (Å²) in [6.07, 6.45) is -4.21. The zero-order valence-corrected chi connectivity index (χ0v) is 13.0. The first kappa shape index (κ1) is 18.0. The molecule has 0 aliphatic rings. The molecule has 1 rings (SSSR count). The quantitative estimate of drug-likeness (QED) is 0.841. The molecule has 0 amide bonds. The standard InChI is InChI=1S/C14H24F3N3O/c1-10(2)7-19(9-14(15,16)17)8-13-11(3)18-20(5-6-21)12(13)4/h10,21H,5-9H2,1-4H3. The molecule has 4 nitrogen and oxygen atoms in total. The Hall–Kier alpha value is -1.08. The van der Waals surface area contributed by atoms with Crippen molar-refractivity contribution in [3.63, 3.8) is 0 Å². The van der Waals surface area contributed by atoms with Gasteiger partial charge < -0.3 is 5.11 Å². The topological polar surface area (TPSA) is 41.3 Å². The molecule has 0 aromatic carbocycles. The van der Waals surface area contributed by atoms with Gasteiger partial charge in [0.15, 0.2) is 0 Å². The maximum absolute atomic E-state index is 12.7. The molecule has 0 spiro atoms. The second-order valence-corrected chi connectivity index (χ2v) is 5.77. The number of aliphatic hydroxyl groups excluding tert-OH is 1. The van der Waals surface area contributed by atoms with Crippen molar-refractivity contribution in [2.24, 2.45) is 5.92 Å². The molecule has 0 aliphatic heterocycles. The van der Waals surface area contributed by atoms with Crippen LogP contribution in [-0.4, -0.2) is 45.7 Å². The highest BCUT2D eigenvalue weighted by Gasteiger charge is 2.31. The number of alkyl halides is 3. The normalized spacial score (nSPS) is 12.7. The van der Waals surface area contributed by atoms with E-state index in [1.54, 1.807) is 11.6 Å². The van der Waals surface area contributed by atoms with Crippen LogP contribution >= 0.6 is 0 Å². The Morgan fingerprint density at radius 3 is 2.38 bits per heavy atom. The van der Waals surface area contributed by atoms with Crippen molar-refractivity contribution in [2.45, 2.75) is 47.0 Å². The van der Waals surface area contributed by atoms with E-state index in [4.69, 9.17) is 5.11 Å². The van der Waals surface area contributed by atoms with E-state index in [0.717, 1.165) is 17.0 Å². The average Bonchev–Trinajstić information content (AvgIpc) is 2.54. The van der Waals surface area contributed by atoms with Crippen molar-refractivity contribution in [3.8, 4) is 0 Å². The Labute approximate surface area is 123 Å². The smallest absolute Gasteiger partial charge is 0.394 e. The van der Waals surface area contributed by atoms with Gasteiger partial charge in [-0.15, -0.1) is 0 Å². The molecule has 122 valence electrons. The van der Waals surface area contributed by atoms with Crippen LogP contribution in [0.3, 0.4) is 0 Å². The summed E-state index contributed by atoms with van der Waals surface area (Å²) in [5.74, 6) is 0.153. The largest absolute Gasteiger partial charge is 0.401 e. The van der Waals surface area contributed by atoms with Crippen LogP contribution in [0.2, 0.25) is 0 Å². The van der Waals surface area contributed by atoms with E-state index in [2.05, 4.69) is 5.10 Å². The average molecular weight is 307 g/mol. The van der Waals surface area contributed by atoms with Crippen molar-refractivity contribution in [1.29, 1.82) is 0 Å². The molecule has 0 radical (unpaired) electrons. The molecule has 1 N–H and O–H groups in total. The van der Waals surface area contributed by atoms with Gasteiger partial charge in [-0.25, -0.2) is 0 Å². The second kappa shape index (κ2) is 7.26. The number of hydrogen-bond acceptors (Lipinski definition) is 3. The number of aryl methyl sites for hydroxylation is 1. The molecule has 0 fully saturated rings. The fourth-order valence-electron chi connectivity index (χ4n) is 2.45. The van der Waals surface area contributed by atoms with Crippen LogP contribution in [0.1, 0.15) is 30.8 Å². The predicted octanol–water partition coefficient (Wildman–Crippen LogP) is 2.51. The number of hydrogen-bond donors (Lipinski definition) is 1. The highest BCUT2D eigenvalue weighted by molar-refractivity contribution is 5.24. The molecular formula is C14H24F3N3O. The fourth-order valence-corrected chi connectivity index (χ4v) is 2.45. The van der Waals surface area contributed by atoms with E-state index in [-0.39, 0.29) is 19.1 Å². The Morgan fingerprint density at radius 1 is 1.29 bits per heavy atom. The van der Waals surface area contributed by atoms with Gasteiger partial charge in [-0.3, -0.25) is 9.58 Å². The molecule has 0 atom stereocenters. The van der Waals surface area contributed by atoms with Gasteiger partial charge in [0.2, 0.25) is 0 Å². The van der Waals surface area contributed by atoms with Crippen LogP contribution in [-0.2, 0) is 13.1 Å². The van der Waals surface area contributed by atoms with E-state index >= 15 is 0 Å². The van der Waals surface area contributed by atoms with E-state index in [1.807, 2.05) is 20.8 Å². The zero-order valence-electron chi connectivity index (χ0n) is 13.0. The summed E-state index contributed by atoms with van der Waals surface area (Å²) < 4.78 is 39.7. The SMILES string of the molecule is Cc1nn(CCO)c(C)c1CN(CC(C)C)CC(F)(F)F. The third-order valence-electron chi connectivity index (χ3n) is 3.25. The highest BCUT2D eigenvalue weighted by Crippen LogP contribution is 2.21. The maximum atomic E-state index is 12.7. The van der Waals surface area contributed by atoms with Crippen LogP contribution in [0.4, 0.5) is 13.2 Å². The van der Waals surface area contributed by atoms with Gasteiger partial charge in [0.05, 0.1) is 25.4 Å². The van der Waals surface area contributed by atoms with Gasteiger partial charge in [-0.05, 0) is 19.8 Å². The Bertz CT molecular complexity index is 455. The second-order valence-electron chi connectivity index (χ2n) is 5.77. The highest BCUT2D eigenvalue weighted by atomic mass is 19.4. The lowest BCUT2D eigenvalue weighted by Gasteiger charge is -2.25. The molecule has 1 aromatic heterocycles. The van der Waals surface area contributed by atoms with Crippen molar-refractivity contribution >= 4 is 0 Å². The van der Waals surface area contributed by atoms with Gasteiger partial charge in [0.1, 0.15) is 0 Å². The molecule has 21 heavy (non-hydrogen) atoms. The number of aromatic nitrogens is 2. The van der Waals surface area contributed by atoms with Crippen molar-refractivity contribution in [3.05, 3.63) is 17.0 Å². The molecule has 0 unspecified atom stereocenters. The molecule has 1 heterocycles. The van der Waals surface area contributed by atoms with E-state index in [0.29, 0.717) is 13.1 Å². The summed E-state index contributed by atoms with van der Waals surface area (Å²) in [6.45, 7) is 7.41. The van der Waals surface area contributed by atoms with E-state index in [9.17, 15) is 13.2 Å².